The Morgan fingerprint density at radius 2 is 2.44 bits per heavy atom. The first-order chi connectivity index (χ1) is 7.81. The van der Waals surface area contributed by atoms with Gasteiger partial charge in [-0.2, -0.15) is 0 Å². The van der Waals surface area contributed by atoms with Crippen molar-refractivity contribution in [2.45, 2.75) is 18.9 Å². The van der Waals surface area contributed by atoms with Crippen molar-refractivity contribution >= 4 is 17.4 Å². The summed E-state index contributed by atoms with van der Waals surface area (Å²) in [7, 11) is 1.55. The fourth-order valence-electron chi connectivity index (χ4n) is 1.68. The summed E-state index contributed by atoms with van der Waals surface area (Å²) >= 11 is 5.90. The summed E-state index contributed by atoms with van der Waals surface area (Å²) in [6.45, 7) is 1.52. The molecule has 0 spiro atoms. The molecule has 88 valence electrons. The molecule has 1 unspecified atom stereocenters. The van der Waals surface area contributed by atoms with Crippen molar-refractivity contribution in [3.05, 3.63) is 11.5 Å². The molecule has 1 aromatic heterocycles. The normalized spacial score (nSPS) is 20.5. The topological polar surface area (TPSA) is 56.3 Å². The maximum atomic E-state index is 5.90. The highest BCUT2D eigenvalue weighted by atomic mass is 35.5. The quantitative estimate of drug-likeness (QED) is 0.820. The highest BCUT2D eigenvalue weighted by Crippen LogP contribution is 2.29. The number of halogens is 1. The lowest BCUT2D eigenvalue weighted by Gasteiger charge is -2.24. The van der Waals surface area contributed by atoms with Crippen LogP contribution in [0.5, 0.6) is 5.75 Å². The number of aromatic nitrogens is 2. The van der Waals surface area contributed by atoms with Crippen molar-refractivity contribution in [3.8, 4) is 5.75 Å². The van der Waals surface area contributed by atoms with E-state index in [1.807, 2.05) is 0 Å². The second-order valence-corrected chi connectivity index (χ2v) is 3.96. The predicted molar refractivity (Wildman–Crippen MR) is 61.1 cm³/mol. The second-order valence-electron chi connectivity index (χ2n) is 3.60. The van der Waals surface area contributed by atoms with Gasteiger partial charge in [-0.05, 0) is 12.8 Å². The molecule has 0 radical (unpaired) electrons. The summed E-state index contributed by atoms with van der Waals surface area (Å²) < 4.78 is 10.5. The van der Waals surface area contributed by atoms with Crippen molar-refractivity contribution in [2.24, 2.45) is 0 Å². The number of nitrogens with zero attached hydrogens (tertiary/aromatic N) is 2. The lowest BCUT2D eigenvalue weighted by Crippen LogP contribution is -2.30. The van der Waals surface area contributed by atoms with Gasteiger partial charge in [0, 0.05) is 6.61 Å². The molecule has 2 heterocycles. The first kappa shape index (κ1) is 11.4. The van der Waals surface area contributed by atoms with Crippen LogP contribution in [-0.2, 0) is 4.74 Å². The monoisotopic (exact) mass is 243 g/mol. The molecule has 1 atom stereocenters. The molecular formula is C10H14ClN3O2. The van der Waals surface area contributed by atoms with Gasteiger partial charge < -0.3 is 14.8 Å². The van der Waals surface area contributed by atoms with E-state index in [2.05, 4.69) is 15.3 Å². The molecule has 1 aromatic rings. The number of rotatable bonds is 3. The molecule has 1 N–H and O–H groups in total. The zero-order chi connectivity index (χ0) is 11.4. The van der Waals surface area contributed by atoms with E-state index in [1.54, 1.807) is 7.11 Å². The van der Waals surface area contributed by atoms with Crippen LogP contribution in [0.1, 0.15) is 12.8 Å². The summed E-state index contributed by atoms with van der Waals surface area (Å²) in [6, 6.07) is 0.258. The first-order valence-electron chi connectivity index (χ1n) is 5.20. The van der Waals surface area contributed by atoms with Gasteiger partial charge in [-0.1, -0.05) is 11.6 Å². The Bertz CT molecular complexity index is 356. The van der Waals surface area contributed by atoms with Crippen LogP contribution in [0.4, 0.5) is 5.82 Å². The third-order valence-corrected chi connectivity index (χ3v) is 2.73. The SMILES string of the molecule is COc1c(Cl)ncnc1NC1CCCOC1. The summed E-state index contributed by atoms with van der Waals surface area (Å²) in [5, 5.41) is 3.57. The largest absolute Gasteiger partial charge is 0.490 e. The number of hydrogen-bond acceptors (Lipinski definition) is 5. The number of methoxy groups -OCH3 is 1. The average molecular weight is 244 g/mol. The minimum Gasteiger partial charge on any atom is -0.490 e. The molecule has 0 aliphatic carbocycles. The van der Waals surface area contributed by atoms with Gasteiger partial charge in [-0.25, -0.2) is 9.97 Å². The molecule has 1 aliphatic rings. The van der Waals surface area contributed by atoms with Crippen LogP contribution in [0.2, 0.25) is 5.15 Å². The third-order valence-electron chi connectivity index (χ3n) is 2.47. The van der Waals surface area contributed by atoms with E-state index in [9.17, 15) is 0 Å². The average Bonchev–Trinajstić information content (AvgIpc) is 2.31. The lowest BCUT2D eigenvalue weighted by atomic mass is 10.1. The molecule has 1 saturated heterocycles. The van der Waals surface area contributed by atoms with Crippen molar-refractivity contribution in [1.29, 1.82) is 0 Å². The van der Waals surface area contributed by atoms with E-state index in [4.69, 9.17) is 21.1 Å². The number of ether oxygens (including phenoxy) is 2. The Balaban J connectivity index is 2.10. The second kappa shape index (κ2) is 5.32. The van der Waals surface area contributed by atoms with Crippen LogP contribution in [0, 0.1) is 0 Å². The van der Waals surface area contributed by atoms with Crippen molar-refractivity contribution < 1.29 is 9.47 Å². The van der Waals surface area contributed by atoms with Gasteiger partial charge in [-0.15, -0.1) is 0 Å². The summed E-state index contributed by atoms with van der Waals surface area (Å²) in [5.74, 6) is 1.10. The summed E-state index contributed by atoms with van der Waals surface area (Å²) in [6.07, 6.45) is 3.53. The Morgan fingerprint density at radius 3 is 3.12 bits per heavy atom. The molecule has 0 amide bonds. The van der Waals surface area contributed by atoms with E-state index in [0.717, 1.165) is 19.4 Å². The van der Waals surface area contributed by atoms with Crippen LogP contribution >= 0.6 is 11.6 Å². The molecule has 1 aliphatic heterocycles. The number of nitrogens with one attached hydrogen (secondary N) is 1. The zero-order valence-corrected chi connectivity index (χ0v) is 9.83. The van der Waals surface area contributed by atoms with Gasteiger partial charge >= 0.3 is 0 Å². The Labute approximate surface area is 99.1 Å². The molecular weight excluding hydrogens is 230 g/mol. The maximum Gasteiger partial charge on any atom is 0.198 e. The van der Waals surface area contributed by atoms with Crippen molar-refractivity contribution in [2.75, 3.05) is 25.6 Å². The van der Waals surface area contributed by atoms with E-state index >= 15 is 0 Å². The zero-order valence-electron chi connectivity index (χ0n) is 9.07. The number of hydrogen-bond donors (Lipinski definition) is 1. The molecule has 5 nitrogen and oxygen atoms in total. The van der Waals surface area contributed by atoms with Crippen LogP contribution in [0.3, 0.4) is 0 Å². The standard InChI is InChI=1S/C10H14ClN3O2/c1-15-8-9(11)12-6-13-10(8)14-7-3-2-4-16-5-7/h6-7H,2-5H2,1H3,(H,12,13,14). The Kier molecular flexibility index (Phi) is 3.79. The minimum atomic E-state index is 0.258. The Hall–Kier alpha value is -1.07. The highest BCUT2D eigenvalue weighted by Gasteiger charge is 2.17. The minimum absolute atomic E-state index is 0.258. The van der Waals surface area contributed by atoms with Gasteiger partial charge in [0.05, 0.1) is 19.8 Å². The summed E-state index contributed by atoms with van der Waals surface area (Å²) in [5.41, 5.74) is 0. The fraction of sp³-hybridized carbons (Fsp3) is 0.600. The molecule has 16 heavy (non-hydrogen) atoms. The van der Waals surface area contributed by atoms with Crippen molar-refractivity contribution in [1.82, 2.24) is 9.97 Å². The third kappa shape index (κ3) is 2.54. The first-order valence-corrected chi connectivity index (χ1v) is 5.58. The van der Waals surface area contributed by atoms with E-state index in [0.29, 0.717) is 23.3 Å². The van der Waals surface area contributed by atoms with E-state index < -0.39 is 0 Å². The van der Waals surface area contributed by atoms with Crippen LogP contribution in [-0.4, -0.2) is 36.3 Å². The smallest absolute Gasteiger partial charge is 0.198 e. The lowest BCUT2D eigenvalue weighted by molar-refractivity contribution is 0.0874. The van der Waals surface area contributed by atoms with Crippen LogP contribution in [0.15, 0.2) is 6.33 Å². The van der Waals surface area contributed by atoms with Crippen molar-refractivity contribution in [3.63, 3.8) is 0 Å². The van der Waals surface area contributed by atoms with Gasteiger partial charge in [0.2, 0.25) is 0 Å². The Morgan fingerprint density at radius 1 is 1.56 bits per heavy atom. The van der Waals surface area contributed by atoms with Gasteiger partial charge in [0.15, 0.2) is 16.7 Å². The van der Waals surface area contributed by atoms with E-state index in [1.165, 1.54) is 6.33 Å². The molecule has 2 rings (SSSR count). The maximum absolute atomic E-state index is 5.90. The highest BCUT2D eigenvalue weighted by molar-refractivity contribution is 6.31. The van der Waals surface area contributed by atoms with Crippen LogP contribution < -0.4 is 10.1 Å². The van der Waals surface area contributed by atoms with E-state index in [-0.39, 0.29) is 6.04 Å². The predicted octanol–water partition coefficient (Wildman–Crippen LogP) is 1.73. The molecule has 0 saturated carbocycles. The number of anilines is 1. The van der Waals surface area contributed by atoms with Crippen LogP contribution in [0.25, 0.3) is 0 Å². The van der Waals surface area contributed by atoms with Gasteiger partial charge in [0.1, 0.15) is 6.33 Å². The van der Waals surface area contributed by atoms with Gasteiger partial charge in [-0.3, -0.25) is 0 Å². The summed E-state index contributed by atoms with van der Waals surface area (Å²) in [4.78, 5) is 7.98. The fourth-order valence-corrected chi connectivity index (χ4v) is 1.89. The molecule has 0 aromatic carbocycles. The van der Waals surface area contributed by atoms with Gasteiger partial charge in [0.25, 0.3) is 0 Å². The molecule has 6 heteroatoms. The molecule has 1 fully saturated rings. The molecule has 0 bridgehead atoms.